The number of carboxylic acids is 1. The predicted octanol–water partition coefficient (Wildman–Crippen LogP) is 2.96. The van der Waals surface area contributed by atoms with E-state index < -0.39 is 5.97 Å². The van der Waals surface area contributed by atoms with Gasteiger partial charge in [0, 0.05) is 12.5 Å². The molecule has 0 radical (unpaired) electrons. The fourth-order valence-corrected chi connectivity index (χ4v) is 3.98. The Kier molecular flexibility index (Phi) is 5.06. The van der Waals surface area contributed by atoms with Gasteiger partial charge in [-0.05, 0) is 37.0 Å². The summed E-state index contributed by atoms with van der Waals surface area (Å²) in [4.78, 5) is 23.4. The highest BCUT2D eigenvalue weighted by molar-refractivity contribution is 5.79. The maximum atomic E-state index is 12.3. The van der Waals surface area contributed by atoms with Crippen LogP contribution in [0.25, 0.3) is 0 Å². The Morgan fingerprint density at radius 3 is 2.40 bits per heavy atom. The van der Waals surface area contributed by atoms with Crippen molar-refractivity contribution in [3.8, 4) is 0 Å². The van der Waals surface area contributed by atoms with Crippen molar-refractivity contribution in [3.63, 3.8) is 0 Å². The molecule has 0 spiro atoms. The summed E-state index contributed by atoms with van der Waals surface area (Å²) in [6.45, 7) is 2.69. The molecule has 2 fully saturated rings. The first kappa shape index (κ1) is 15.3. The van der Waals surface area contributed by atoms with Crippen molar-refractivity contribution in [1.29, 1.82) is 0 Å². The number of aliphatic carboxylic acids is 1. The van der Waals surface area contributed by atoms with Crippen LogP contribution in [0.5, 0.6) is 0 Å². The number of hydrogen-bond acceptors (Lipinski definition) is 2. The fraction of sp³-hybridized carbons (Fsp3) is 0.875. The van der Waals surface area contributed by atoms with Crippen LogP contribution in [-0.4, -0.2) is 23.5 Å². The summed E-state index contributed by atoms with van der Waals surface area (Å²) in [6.07, 6.45) is 8.67. The minimum absolute atomic E-state index is 0.139. The molecule has 0 aromatic carbocycles. The normalized spacial score (nSPS) is 29.1. The minimum atomic E-state index is -0.740. The van der Waals surface area contributed by atoms with E-state index in [2.05, 4.69) is 12.2 Å². The molecular weight excluding hydrogens is 254 g/mol. The number of hydrogen-bond donors (Lipinski definition) is 2. The quantitative estimate of drug-likeness (QED) is 0.814. The fourth-order valence-electron chi connectivity index (χ4n) is 3.98. The molecule has 114 valence electrons. The van der Waals surface area contributed by atoms with Gasteiger partial charge in [0.15, 0.2) is 0 Å². The molecule has 1 amide bonds. The molecule has 20 heavy (non-hydrogen) atoms. The Bertz CT molecular complexity index is 361. The number of carboxylic acid groups (broad SMARTS) is 1. The van der Waals surface area contributed by atoms with Gasteiger partial charge in [0.25, 0.3) is 0 Å². The van der Waals surface area contributed by atoms with Crippen LogP contribution in [-0.2, 0) is 9.59 Å². The monoisotopic (exact) mass is 281 g/mol. The molecule has 2 saturated carbocycles. The van der Waals surface area contributed by atoms with Crippen molar-refractivity contribution in [2.45, 2.75) is 64.7 Å². The molecule has 2 aliphatic carbocycles. The first-order valence-corrected chi connectivity index (χ1v) is 8.02. The molecular formula is C16H27NO3. The highest BCUT2D eigenvalue weighted by Crippen LogP contribution is 2.39. The van der Waals surface area contributed by atoms with Crippen LogP contribution in [0.2, 0.25) is 0 Å². The van der Waals surface area contributed by atoms with Gasteiger partial charge in [-0.25, -0.2) is 0 Å². The summed E-state index contributed by atoms with van der Waals surface area (Å²) in [5.41, 5.74) is -0.207. The smallest absolute Gasteiger partial charge is 0.303 e. The number of amides is 1. The Morgan fingerprint density at radius 1 is 1.15 bits per heavy atom. The van der Waals surface area contributed by atoms with E-state index in [1.807, 2.05) is 0 Å². The van der Waals surface area contributed by atoms with Crippen molar-refractivity contribution < 1.29 is 14.7 Å². The van der Waals surface area contributed by atoms with Gasteiger partial charge in [0.2, 0.25) is 5.91 Å². The van der Waals surface area contributed by atoms with Gasteiger partial charge in [0.05, 0.1) is 6.42 Å². The van der Waals surface area contributed by atoms with Crippen molar-refractivity contribution in [2.75, 3.05) is 6.54 Å². The zero-order valence-corrected chi connectivity index (χ0v) is 12.5. The molecule has 0 aliphatic heterocycles. The summed E-state index contributed by atoms with van der Waals surface area (Å²) < 4.78 is 0. The Morgan fingerprint density at radius 2 is 1.85 bits per heavy atom. The van der Waals surface area contributed by atoms with Crippen LogP contribution in [0.4, 0.5) is 0 Å². The lowest BCUT2D eigenvalue weighted by atomic mass is 9.71. The summed E-state index contributed by atoms with van der Waals surface area (Å²) in [6, 6.07) is 0. The van der Waals surface area contributed by atoms with Crippen LogP contribution in [0.1, 0.15) is 64.7 Å². The van der Waals surface area contributed by atoms with Crippen molar-refractivity contribution in [3.05, 3.63) is 0 Å². The summed E-state index contributed by atoms with van der Waals surface area (Å²) in [7, 11) is 0. The highest BCUT2D eigenvalue weighted by atomic mass is 16.4. The van der Waals surface area contributed by atoms with Crippen molar-refractivity contribution in [1.82, 2.24) is 5.32 Å². The first-order valence-electron chi connectivity index (χ1n) is 8.02. The predicted molar refractivity (Wildman–Crippen MR) is 77.3 cm³/mol. The number of rotatable bonds is 5. The molecule has 2 rings (SSSR count). The lowest BCUT2D eigenvalue weighted by Gasteiger charge is -2.36. The van der Waals surface area contributed by atoms with Gasteiger partial charge >= 0.3 is 5.97 Å². The van der Waals surface area contributed by atoms with E-state index in [1.54, 1.807) is 0 Å². The molecule has 2 N–H and O–H groups in total. The van der Waals surface area contributed by atoms with Crippen LogP contribution in [0.3, 0.4) is 0 Å². The van der Waals surface area contributed by atoms with E-state index in [0.717, 1.165) is 44.9 Å². The molecule has 4 heteroatoms. The maximum absolute atomic E-state index is 12.3. The molecule has 2 atom stereocenters. The van der Waals surface area contributed by atoms with Crippen molar-refractivity contribution >= 4 is 11.9 Å². The number of nitrogens with one attached hydrogen (secondary N) is 1. The third-order valence-corrected chi connectivity index (χ3v) is 5.28. The summed E-state index contributed by atoms with van der Waals surface area (Å²) in [5, 5.41) is 12.2. The minimum Gasteiger partial charge on any atom is -0.481 e. The maximum Gasteiger partial charge on any atom is 0.303 e. The van der Waals surface area contributed by atoms with E-state index in [0.29, 0.717) is 12.5 Å². The Hall–Kier alpha value is -1.06. The van der Waals surface area contributed by atoms with Crippen LogP contribution in [0.15, 0.2) is 0 Å². The van der Waals surface area contributed by atoms with Gasteiger partial charge in [-0.1, -0.05) is 32.6 Å². The second kappa shape index (κ2) is 6.59. The van der Waals surface area contributed by atoms with Gasteiger partial charge in [-0.15, -0.1) is 0 Å². The summed E-state index contributed by atoms with van der Waals surface area (Å²) in [5.74, 6) is 0.0120. The Labute approximate surface area is 121 Å². The molecule has 0 aromatic heterocycles. The summed E-state index contributed by atoms with van der Waals surface area (Å²) >= 11 is 0. The van der Waals surface area contributed by atoms with E-state index >= 15 is 0 Å². The first-order chi connectivity index (χ1) is 9.52. The van der Waals surface area contributed by atoms with E-state index in [4.69, 9.17) is 5.11 Å². The van der Waals surface area contributed by atoms with Crippen LogP contribution < -0.4 is 5.32 Å². The molecule has 2 aliphatic rings. The molecule has 0 heterocycles. The average molecular weight is 281 g/mol. The van der Waals surface area contributed by atoms with E-state index in [-0.39, 0.29) is 23.7 Å². The molecule has 0 aromatic rings. The van der Waals surface area contributed by atoms with Crippen LogP contribution >= 0.6 is 0 Å². The second-order valence-electron chi connectivity index (χ2n) is 6.86. The van der Waals surface area contributed by atoms with Gasteiger partial charge in [0.1, 0.15) is 0 Å². The van der Waals surface area contributed by atoms with Gasteiger partial charge in [-0.3, -0.25) is 9.59 Å². The highest BCUT2D eigenvalue weighted by Gasteiger charge is 2.36. The van der Waals surface area contributed by atoms with Crippen molar-refractivity contribution in [2.24, 2.45) is 17.3 Å². The SMILES string of the molecule is CC1CCCC1C(=O)NCC1(CC(=O)O)CCCCC1. The van der Waals surface area contributed by atoms with Gasteiger partial charge < -0.3 is 10.4 Å². The van der Waals surface area contributed by atoms with E-state index in [1.165, 1.54) is 6.42 Å². The molecule has 0 saturated heterocycles. The molecule has 0 bridgehead atoms. The third-order valence-electron chi connectivity index (χ3n) is 5.28. The zero-order valence-electron chi connectivity index (χ0n) is 12.5. The zero-order chi connectivity index (χ0) is 14.6. The number of carbonyl (C=O) groups excluding carboxylic acids is 1. The topological polar surface area (TPSA) is 66.4 Å². The number of carbonyl (C=O) groups is 2. The van der Waals surface area contributed by atoms with Crippen LogP contribution in [0, 0.1) is 17.3 Å². The third kappa shape index (κ3) is 3.74. The van der Waals surface area contributed by atoms with Gasteiger partial charge in [-0.2, -0.15) is 0 Å². The molecule has 4 nitrogen and oxygen atoms in total. The second-order valence-corrected chi connectivity index (χ2v) is 6.86. The lowest BCUT2D eigenvalue weighted by molar-refractivity contribution is -0.141. The average Bonchev–Trinajstić information content (AvgIpc) is 2.83. The lowest BCUT2D eigenvalue weighted by Crippen LogP contribution is -2.42. The largest absolute Gasteiger partial charge is 0.481 e. The van der Waals surface area contributed by atoms with E-state index in [9.17, 15) is 9.59 Å². The Balaban J connectivity index is 1.91. The molecule has 2 unspecified atom stereocenters. The standard InChI is InChI=1S/C16H27NO3/c1-12-6-5-7-13(12)15(20)17-11-16(10-14(18)19)8-3-2-4-9-16/h12-13H,2-11H2,1H3,(H,17,20)(H,18,19).